The number of halogens is 3. The number of para-hydroxylation sites is 1. The molecule has 0 spiro atoms. The molecule has 2 aromatic rings. The average molecular weight is 496 g/mol. The van der Waals surface area contributed by atoms with Crippen molar-refractivity contribution in [3.05, 3.63) is 45.4 Å². The van der Waals surface area contributed by atoms with Crippen LogP contribution in [-0.2, 0) is 13.0 Å². The van der Waals surface area contributed by atoms with Gasteiger partial charge in [-0.05, 0) is 19.9 Å². The number of guanidine groups is 1. The molecule has 0 bridgehead atoms. The highest BCUT2D eigenvalue weighted by molar-refractivity contribution is 14.0. The second-order valence-electron chi connectivity index (χ2n) is 5.33. The van der Waals surface area contributed by atoms with Gasteiger partial charge < -0.3 is 15.4 Å². The number of nitrogens with one attached hydrogen (secondary N) is 2. The quantitative estimate of drug-likeness (QED) is 0.347. The first-order valence-electron chi connectivity index (χ1n) is 7.89. The number of benzene rings is 1. The summed E-state index contributed by atoms with van der Waals surface area (Å²) < 4.78 is 29.4. The Bertz CT molecular complexity index is 725. The third-order valence-corrected chi connectivity index (χ3v) is 4.64. The van der Waals surface area contributed by atoms with E-state index in [-0.39, 0.29) is 29.7 Å². The fraction of sp³-hybridized carbons (Fsp3) is 0.412. The van der Waals surface area contributed by atoms with Crippen LogP contribution in [0.15, 0.2) is 29.3 Å². The lowest BCUT2D eigenvalue weighted by atomic mass is 10.2. The normalized spacial score (nSPS) is 11.2. The smallest absolute Gasteiger partial charge is 0.387 e. The molecule has 5 nitrogen and oxygen atoms in total. The van der Waals surface area contributed by atoms with E-state index >= 15 is 0 Å². The molecule has 2 N–H and O–H groups in total. The van der Waals surface area contributed by atoms with Gasteiger partial charge in [-0.25, -0.2) is 4.98 Å². The van der Waals surface area contributed by atoms with Crippen molar-refractivity contribution in [2.75, 3.05) is 13.6 Å². The molecule has 1 aromatic heterocycles. The minimum Gasteiger partial charge on any atom is -0.434 e. The molecule has 0 fully saturated rings. The summed E-state index contributed by atoms with van der Waals surface area (Å²) in [7, 11) is 1.67. The van der Waals surface area contributed by atoms with E-state index in [4.69, 9.17) is 0 Å². The number of alkyl halides is 2. The predicted molar refractivity (Wildman–Crippen MR) is 112 cm³/mol. The number of aryl methyl sites for hydroxylation is 2. The Balaban J connectivity index is 0.00000338. The van der Waals surface area contributed by atoms with E-state index < -0.39 is 6.61 Å². The number of aromatic nitrogens is 1. The Kier molecular flexibility index (Phi) is 9.78. The molecule has 0 amide bonds. The lowest BCUT2D eigenvalue weighted by Crippen LogP contribution is -2.37. The molecular weight excluding hydrogens is 473 g/mol. The molecule has 0 aliphatic rings. The Hall–Kier alpha value is -1.49. The fourth-order valence-electron chi connectivity index (χ4n) is 2.36. The third kappa shape index (κ3) is 7.02. The molecule has 1 heterocycles. The number of hydrogen-bond acceptors (Lipinski definition) is 4. The minimum atomic E-state index is -2.84. The Morgan fingerprint density at radius 2 is 2.00 bits per heavy atom. The van der Waals surface area contributed by atoms with Crippen LogP contribution >= 0.6 is 35.3 Å². The molecule has 0 aliphatic heterocycles. The second-order valence-corrected chi connectivity index (χ2v) is 6.62. The Labute approximate surface area is 173 Å². The summed E-state index contributed by atoms with van der Waals surface area (Å²) in [6, 6.07) is 6.70. The summed E-state index contributed by atoms with van der Waals surface area (Å²) in [6.07, 6.45) is 0.850. The van der Waals surface area contributed by atoms with Crippen molar-refractivity contribution in [3.63, 3.8) is 0 Å². The molecule has 0 unspecified atom stereocenters. The third-order valence-electron chi connectivity index (χ3n) is 3.50. The number of ether oxygens (including phenoxy) is 1. The largest absolute Gasteiger partial charge is 0.434 e. The van der Waals surface area contributed by atoms with Crippen molar-refractivity contribution in [1.82, 2.24) is 15.6 Å². The monoisotopic (exact) mass is 496 g/mol. The molecule has 0 aliphatic carbocycles. The Morgan fingerprint density at radius 3 is 2.62 bits per heavy atom. The van der Waals surface area contributed by atoms with Crippen molar-refractivity contribution in [3.8, 4) is 5.75 Å². The van der Waals surface area contributed by atoms with Gasteiger partial charge in [0.05, 0.1) is 10.7 Å². The van der Waals surface area contributed by atoms with Gasteiger partial charge in [-0.1, -0.05) is 18.2 Å². The highest BCUT2D eigenvalue weighted by atomic mass is 127. The summed E-state index contributed by atoms with van der Waals surface area (Å²) in [5, 5.41) is 7.38. The van der Waals surface area contributed by atoms with Crippen LogP contribution in [0.25, 0.3) is 0 Å². The van der Waals surface area contributed by atoms with E-state index in [1.165, 1.54) is 10.9 Å². The maximum absolute atomic E-state index is 12.4. The zero-order valence-electron chi connectivity index (χ0n) is 14.9. The van der Waals surface area contributed by atoms with Crippen LogP contribution in [0.1, 0.15) is 21.1 Å². The number of aliphatic imine (C=N–C) groups is 1. The first kappa shape index (κ1) is 22.6. The summed E-state index contributed by atoms with van der Waals surface area (Å²) >= 11 is 1.69. The molecular formula is C17H23F2IN4OS. The van der Waals surface area contributed by atoms with Gasteiger partial charge in [0, 0.05) is 37.0 Å². The first-order chi connectivity index (χ1) is 12.0. The summed E-state index contributed by atoms with van der Waals surface area (Å²) in [5.74, 6) is 0.766. The minimum absolute atomic E-state index is 0. The molecule has 0 saturated heterocycles. The second kappa shape index (κ2) is 11.3. The van der Waals surface area contributed by atoms with Crippen molar-refractivity contribution in [2.24, 2.45) is 4.99 Å². The number of nitrogens with zero attached hydrogens (tertiary/aromatic N) is 2. The molecule has 9 heteroatoms. The van der Waals surface area contributed by atoms with E-state index in [0.717, 1.165) is 17.1 Å². The molecule has 0 saturated carbocycles. The van der Waals surface area contributed by atoms with Gasteiger partial charge >= 0.3 is 6.61 Å². The van der Waals surface area contributed by atoms with Crippen LogP contribution in [0.4, 0.5) is 8.78 Å². The van der Waals surface area contributed by atoms with E-state index in [1.54, 1.807) is 36.6 Å². The SMILES string of the molecule is CN=C(NCCc1sc(C)nc1C)NCc1ccccc1OC(F)F.I. The zero-order valence-corrected chi connectivity index (χ0v) is 18.0. The van der Waals surface area contributed by atoms with Crippen LogP contribution < -0.4 is 15.4 Å². The number of rotatable bonds is 7. The summed E-state index contributed by atoms with van der Waals surface area (Å²) in [6.45, 7) is 2.20. The molecule has 26 heavy (non-hydrogen) atoms. The lowest BCUT2D eigenvalue weighted by molar-refractivity contribution is -0.0504. The summed E-state index contributed by atoms with van der Waals surface area (Å²) in [5.41, 5.74) is 1.70. The lowest BCUT2D eigenvalue weighted by Gasteiger charge is -2.14. The van der Waals surface area contributed by atoms with Crippen LogP contribution in [0.3, 0.4) is 0 Å². The van der Waals surface area contributed by atoms with E-state index in [1.807, 2.05) is 13.8 Å². The highest BCUT2D eigenvalue weighted by Gasteiger charge is 2.10. The van der Waals surface area contributed by atoms with Crippen molar-refractivity contribution >= 4 is 41.3 Å². The molecule has 0 radical (unpaired) electrons. The van der Waals surface area contributed by atoms with Crippen molar-refractivity contribution in [1.29, 1.82) is 0 Å². The first-order valence-corrected chi connectivity index (χ1v) is 8.71. The topological polar surface area (TPSA) is 58.5 Å². The predicted octanol–water partition coefficient (Wildman–Crippen LogP) is 3.89. The summed E-state index contributed by atoms with van der Waals surface area (Å²) in [4.78, 5) is 9.80. The van der Waals surface area contributed by atoms with Crippen molar-refractivity contribution < 1.29 is 13.5 Å². The average Bonchev–Trinajstić information content (AvgIpc) is 2.89. The van der Waals surface area contributed by atoms with Gasteiger partial charge in [0.25, 0.3) is 0 Å². The van der Waals surface area contributed by atoms with Crippen LogP contribution in [0, 0.1) is 13.8 Å². The van der Waals surface area contributed by atoms with Gasteiger partial charge in [0.2, 0.25) is 0 Å². The van der Waals surface area contributed by atoms with Crippen LogP contribution in [-0.4, -0.2) is 31.1 Å². The van der Waals surface area contributed by atoms with Crippen molar-refractivity contribution in [2.45, 2.75) is 33.4 Å². The highest BCUT2D eigenvalue weighted by Crippen LogP contribution is 2.20. The van der Waals surface area contributed by atoms with Gasteiger partial charge in [-0.3, -0.25) is 4.99 Å². The van der Waals surface area contributed by atoms with Gasteiger partial charge in [-0.15, -0.1) is 35.3 Å². The maximum Gasteiger partial charge on any atom is 0.387 e. The Morgan fingerprint density at radius 1 is 1.27 bits per heavy atom. The maximum atomic E-state index is 12.4. The van der Waals surface area contributed by atoms with E-state index in [2.05, 4.69) is 25.3 Å². The van der Waals surface area contributed by atoms with Gasteiger partial charge in [0.1, 0.15) is 5.75 Å². The fourth-order valence-corrected chi connectivity index (χ4v) is 3.30. The molecule has 0 atom stereocenters. The van der Waals surface area contributed by atoms with Gasteiger partial charge in [-0.2, -0.15) is 8.78 Å². The molecule has 2 rings (SSSR count). The standard InChI is InChI=1S/C17H22F2N4OS.HI/c1-11-15(25-12(2)23-11)8-9-21-17(20-3)22-10-13-6-4-5-7-14(13)24-16(18)19;/h4-7,16H,8-10H2,1-3H3,(H2,20,21,22);1H. The molecule has 144 valence electrons. The van der Waals surface area contributed by atoms with Crippen LogP contribution in [0.5, 0.6) is 5.75 Å². The molecule has 1 aromatic carbocycles. The van der Waals surface area contributed by atoms with E-state index in [0.29, 0.717) is 24.6 Å². The number of hydrogen-bond donors (Lipinski definition) is 2. The number of thiazole rings is 1. The van der Waals surface area contributed by atoms with E-state index in [9.17, 15) is 8.78 Å². The zero-order chi connectivity index (χ0) is 18.2. The van der Waals surface area contributed by atoms with Gasteiger partial charge in [0.15, 0.2) is 5.96 Å². The van der Waals surface area contributed by atoms with Crippen LogP contribution in [0.2, 0.25) is 0 Å².